The SMILES string of the molecule is O=C(CNC(=O)c1cccc(Cl)c1)N/N=C\C=C\c1ccccc1. The molecule has 0 heterocycles. The van der Waals surface area contributed by atoms with Crippen molar-refractivity contribution in [2.45, 2.75) is 0 Å². The molecule has 6 heteroatoms. The highest BCUT2D eigenvalue weighted by atomic mass is 35.5. The molecule has 5 nitrogen and oxygen atoms in total. The van der Waals surface area contributed by atoms with Crippen LogP contribution < -0.4 is 10.7 Å². The molecule has 0 fully saturated rings. The summed E-state index contributed by atoms with van der Waals surface area (Å²) in [5.41, 5.74) is 3.75. The number of hydrogen-bond donors (Lipinski definition) is 2. The number of allylic oxidation sites excluding steroid dienone is 1. The number of nitrogens with zero attached hydrogens (tertiary/aromatic N) is 1. The summed E-state index contributed by atoms with van der Waals surface area (Å²) in [5.74, 6) is -0.796. The van der Waals surface area contributed by atoms with E-state index in [0.717, 1.165) is 5.56 Å². The second-order valence-corrected chi connectivity index (χ2v) is 5.21. The lowest BCUT2D eigenvalue weighted by Gasteiger charge is -2.04. The van der Waals surface area contributed by atoms with E-state index in [0.29, 0.717) is 10.6 Å². The first kappa shape index (κ1) is 17.4. The van der Waals surface area contributed by atoms with E-state index < -0.39 is 5.91 Å². The van der Waals surface area contributed by atoms with Crippen molar-refractivity contribution in [3.8, 4) is 0 Å². The Bertz CT molecular complexity index is 758. The van der Waals surface area contributed by atoms with Gasteiger partial charge in [0.05, 0.1) is 6.54 Å². The number of hydrogen-bond acceptors (Lipinski definition) is 3. The molecule has 0 aliphatic rings. The van der Waals surface area contributed by atoms with Crippen LogP contribution in [-0.2, 0) is 4.79 Å². The molecule has 2 N–H and O–H groups in total. The standard InChI is InChI=1S/C18H16ClN3O2/c19-16-10-4-9-15(12-16)18(24)20-13-17(23)22-21-11-5-8-14-6-2-1-3-7-14/h1-12H,13H2,(H,20,24)(H,22,23)/b8-5+,21-11-. The zero-order valence-electron chi connectivity index (χ0n) is 12.8. The van der Waals surface area contributed by atoms with Crippen molar-refractivity contribution in [2.24, 2.45) is 5.10 Å². The molecule has 0 bridgehead atoms. The van der Waals surface area contributed by atoms with E-state index >= 15 is 0 Å². The summed E-state index contributed by atoms with van der Waals surface area (Å²) in [6.45, 7) is -0.176. The molecular formula is C18H16ClN3O2. The number of hydrazone groups is 1. The first-order valence-corrected chi connectivity index (χ1v) is 7.60. The third-order valence-corrected chi connectivity index (χ3v) is 3.17. The monoisotopic (exact) mass is 341 g/mol. The molecule has 0 aliphatic carbocycles. The fourth-order valence-corrected chi connectivity index (χ4v) is 1.99. The molecule has 0 atom stereocenters. The average Bonchev–Trinajstić information content (AvgIpc) is 2.60. The average molecular weight is 342 g/mol. The Kier molecular flexibility index (Phi) is 6.73. The van der Waals surface area contributed by atoms with Gasteiger partial charge in [0.2, 0.25) is 0 Å². The molecule has 0 spiro atoms. The summed E-state index contributed by atoms with van der Waals surface area (Å²) >= 11 is 5.81. The Hall–Kier alpha value is -2.92. The minimum absolute atomic E-state index is 0.176. The van der Waals surface area contributed by atoms with E-state index in [1.165, 1.54) is 12.3 Å². The summed E-state index contributed by atoms with van der Waals surface area (Å²) < 4.78 is 0. The van der Waals surface area contributed by atoms with E-state index in [9.17, 15) is 9.59 Å². The zero-order chi connectivity index (χ0) is 17.2. The Labute approximate surface area is 145 Å². The number of carbonyl (C=O) groups is 2. The van der Waals surface area contributed by atoms with E-state index in [4.69, 9.17) is 11.6 Å². The minimum Gasteiger partial charge on any atom is -0.343 e. The summed E-state index contributed by atoms with van der Waals surface area (Å²) in [6.07, 6.45) is 5.03. The predicted molar refractivity (Wildman–Crippen MR) is 95.9 cm³/mol. The first-order valence-electron chi connectivity index (χ1n) is 7.22. The maximum absolute atomic E-state index is 11.8. The minimum atomic E-state index is -0.422. The molecule has 0 saturated carbocycles. The Morgan fingerprint density at radius 1 is 1.08 bits per heavy atom. The van der Waals surface area contributed by atoms with Crippen LogP contribution in [0.3, 0.4) is 0 Å². The van der Waals surface area contributed by atoms with Crippen molar-refractivity contribution >= 4 is 35.7 Å². The lowest BCUT2D eigenvalue weighted by molar-refractivity contribution is -0.120. The van der Waals surface area contributed by atoms with Crippen LogP contribution in [0, 0.1) is 0 Å². The molecule has 0 aliphatic heterocycles. The van der Waals surface area contributed by atoms with Crippen molar-refractivity contribution in [1.29, 1.82) is 0 Å². The highest BCUT2D eigenvalue weighted by molar-refractivity contribution is 6.30. The smallest absolute Gasteiger partial charge is 0.259 e. The quantitative estimate of drug-likeness (QED) is 0.626. The van der Waals surface area contributed by atoms with Gasteiger partial charge in [0.1, 0.15) is 0 Å². The molecular weight excluding hydrogens is 326 g/mol. The van der Waals surface area contributed by atoms with Gasteiger partial charge < -0.3 is 5.32 Å². The lowest BCUT2D eigenvalue weighted by atomic mass is 10.2. The highest BCUT2D eigenvalue weighted by Crippen LogP contribution is 2.10. The third-order valence-electron chi connectivity index (χ3n) is 2.93. The molecule has 0 unspecified atom stereocenters. The Morgan fingerprint density at radius 2 is 1.88 bits per heavy atom. The van der Waals surface area contributed by atoms with Gasteiger partial charge in [-0.2, -0.15) is 5.10 Å². The fourth-order valence-electron chi connectivity index (χ4n) is 1.80. The highest BCUT2D eigenvalue weighted by Gasteiger charge is 2.07. The number of halogens is 1. The number of amides is 2. The number of rotatable bonds is 6. The van der Waals surface area contributed by atoms with Crippen LogP contribution in [-0.4, -0.2) is 24.6 Å². The molecule has 0 saturated heterocycles. The van der Waals surface area contributed by atoms with Crippen LogP contribution in [0.15, 0.2) is 65.8 Å². The molecule has 0 aromatic heterocycles. The largest absolute Gasteiger partial charge is 0.343 e. The number of nitrogens with one attached hydrogen (secondary N) is 2. The van der Waals surface area contributed by atoms with Gasteiger partial charge in [-0.25, -0.2) is 5.43 Å². The van der Waals surface area contributed by atoms with Crippen LogP contribution in [0.5, 0.6) is 0 Å². The van der Waals surface area contributed by atoms with Gasteiger partial charge >= 0.3 is 0 Å². The number of benzene rings is 2. The zero-order valence-corrected chi connectivity index (χ0v) is 13.5. The molecule has 122 valence electrons. The maximum atomic E-state index is 11.8. The van der Waals surface area contributed by atoms with Crippen molar-refractivity contribution < 1.29 is 9.59 Å². The van der Waals surface area contributed by atoms with E-state index in [-0.39, 0.29) is 12.5 Å². The van der Waals surface area contributed by atoms with Crippen molar-refractivity contribution in [1.82, 2.24) is 10.7 Å². The van der Waals surface area contributed by atoms with Gasteiger partial charge in [0.15, 0.2) is 0 Å². The molecule has 2 rings (SSSR count). The summed E-state index contributed by atoms with van der Waals surface area (Å²) in [7, 11) is 0. The second kappa shape index (κ2) is 9.27. The van der Waals surface area contributed by atoms with Gasteiger partial charge in [0.25, 0.3) is 11.8 Å². The van der Waals surface area contributed by atoms with Crippen molar-refractivity contribution in [2.75, 3.05) is 6.54 Å². The molecule has 2 aromatic carbocycles. The van der Waals surface area contributed by atoms with Crippen molar-refractivity contribution in [3.63, 3.8) is 0 Å². The molecule has 0 radical (unpaired) electrons. The maximum Gasteiger partial charge on any atom is 0.259 e. The summed E-state index contributed by atoms with van der Waals surface area (Å²) in [6, 6.07) is 16.2. The van der Waals surface area contributed by atoms with E-state index in [2.05, 4.69) is 15.8 Å². The van der Waals surface area contributed by atoms with Gasteiger partial charge in [-0.15, -0.1) is 0 Å². The number of carbonyl (C=O) groups excluding carboxylic acids is 2. The van der Waals surface area contributed by atoms with Gasteiger partial charge in [-0.3, -0.25) is 9.59 Å². The summed E-state index contributed by atoms with van der Waals surface area (Å²) in [5, 5.41) is 6.72. The van der Waals surface area contributed by atoms with Crippen molar-refractivity contribution in [3.05, 3.63) is 76.8 Å². The molecule has 24 heavy (non-hydrogen) atoms. The second-order valence-electron chi connectivity index (χ2n) is 4.78. The fraction of sp³-hybridized carbons (Fsp3) is 0.0556. The third kappa shape index (κ3) is 6.06. The lowest BCUT2D eigenvalue weighted by Crippen LogP contribution is -2.34. The van der Waals surface area contributed by atoms with Crippen LogP contribution in [0.4, 0.5) is 0 Å². The molecule has 2 aromatic rings. The normalized spacial score (nSPS) is 10.9. The Balaban J connectivity index is 1.72. The van der Waals surface area contributed by atoms with Gasteiger partial charge in [-0.1, -0.05) is 54.1 Å². The van der Waals surface area contributed by atoms with Gasteiger partial charge in [-0.05, 0) is 29.8 Å². The predicted octanol–water partition coefficient (Wildman–Crippen LogP) is 2.89. The molecule has 2 amide bonds. The van der Waals surface area contributed by atoms with Crippen LogP contribution in [0.25, 0.3) is 6.08 Å². The summed E-state index contributed by atoms with van der Waals surface area (Å²) in [4.78, 5) is 23.4. The van der Waals surface area contributed by atoms with Crippen LogP contribution in [0.1, 0.15) is 15.9 Å². The van der Waals surface area contributed by atoms with E-state index in [1.54, 1.807) is 24.3 Å². The Morgan fingerprint density at radius 3 is 2.62 bits per heavy atom. The van der Waals surface area contributed by atoms with Crippen LogP contribution in [0.2, 0.25) is 5.02 Å². The topological polar surface area (TPSA) is 70.6 Å². The van der Waals surface area contributed by atoms with E-state index in [1.807, 2.05) is 36.4 Å². The van der Waals surface area contributed by atoms with Crippen LogP contribution >= 0.6 is 11.6 Å². The first-order chi connectivity index (χ1) is 11.6. The van der Waals surface area contributed by atoms with Gasteiger partial charge in [0, 0.05) is 16.8 Å².